The predicted molar refractivity (Wildman–Crippen MR) is 141 cm³/mol. The molecule has 1 N–H and O–H groups in total. The van der Waals surface area contributed by atoms with Crippen LogP contribution in [0, 0.1) is 13.8 Å². The first kappa shape index (κ1) is 24.0. The molecule has 0 saturated heterocycles. The van der Waals surface area contributed by atoms with Crippen molar-refractivity contribution < 1.29 is 4.79 Å². The van der Waals surface area contributed by atoms with Crippen molar-refractivity contribution in [2.24, 2.45) is 0 Å². The van der Waals surface area contributed by atoms with Gasteiger partial charge < -0.3 is 5.32 Å². The largest absolute Gasteiger partial charge is 0.325 e. The van der Waals surface area contributed by atoms with E-state index in [1.807, 2.05) is 73.0 Å². The summed E-state index contributed by atoms with van der Waals surface area (Å²) in [5.41, 5.74) is 6.13. The highest BCUT2D eigenvalue weighted by Crippen LogP contribution is 2.32. The van der Waals surface area contributed by atoms with Crippen molar-refractivity contribution in [3.63, 3.8) is 0 Å². The number of nitrogens with zero attached hydrogens (tertiary/aromatic N) is 3. The molecule has 1 heterocycles. The number of hydrogen-bond acceptors (Lipinski definition) is 4. The Balaban J connectivity index is 1.67. The summed E-state index contributed by atoms with van der Waals surface area (Å²) in [4.78, 5) is 12.8. The lowest BCUT2D eigenvalue weighted by Crippen LogP contribution is -2.15. The summed E-state index contributed by atoms with van der Waals surface area (Å²) < 4.78 is 2.04. The number of hydrogen-bond donors (Lipinski definition) is 1. The zero-order valence-electron chi connectivity index (χ0n) is 19.7. The van der Waals surface area contributed by atoms with Gasteiger partial charge in [-0.2, -0.15) is 0 Å². The summed E-state index contributed by atoms with van der Waals surface area (Å²) in [6.07, 6.45) is 0. The number of para-hydroxylation sites is 1. The van der Waals surface area contributed by atoms with Gasteiger partial charge in [0.05, 0.1) is 11.4 Å². The fourth-order valence-corrected chi connectivity index (χ4v) is 4.62. The maximum absolute atomic E-state index is 12.8. The lowest BCUT2D eigenvalue weighted by atomic mass is 10.0. The van der Waals surface area contributed by atoms with Gasteiger partial charge in [-0.05, 0) is 72.9 Å². The number of carbonyl (C=O) groups excluding carboxylic acids is 1. The van der Waals surface area contributed by atoms with Crippen LogP contribution in [0.5, 0.6) is 0 Å². The second kappa shape index (κ2) is 10.5. The summed E-state index contributed by atoms with van der Waals surface area (Å²) in [5, 5.41) is 13.3. The standard InChI is InChI=1S/C27H27ClN4OS/c1-17(2)22-9-5-6-11-24(22)32-26(20-12-14-21(28)15-13-20)30-31-27(32)34-16-25(33)29-23-10-7-8-18(3)19(23)4/h5-15,17H,16H2,1-4H3,(H,29,33). The first-order valence-electron chi connectivity index (χ1n) is 11.1. The normalized spacial score (nSPS) is 11.1. The van der Waals surface area contributed by atoms with Gasteiger partial charge >= 0.3 is 0 Å². The van der Waals surface area contributed by atoms with Crippen LogP contribution >= 0.6 is 23.4 Å². The van der Waals surface area contributed by atoms with Crippen LogP contribution in [0.25, 0.3) is 17.1 Å². The van der Waals surface area contributed by atoms with Crippen LogP contribution < -0.4 is 5.32 Å². The third kappa shape index (κ3) is 5.18. The second-order valence-corrected chi connectivity index (χ2v) is 9.83. The van der Waals surface area contributed by atoms with Gasteiger partial charge in [-0.25, -0.2) is 0 Å². The lowest BCUT2D eigenvalue weighted by molar-refractivity contribution is -0.113. The Hall–Kier alpha value is -3.09. The molecule has 5 nitrogen and oxygen atoms in total. The van der Waals surface area contributed by atoms with E-state index in [2.05, 4.69) is 41.5 Å². The zero-order chi connectivity index (χ0) is 24.2. The molecule has 1 aromatic heterocycles. The molecule has 0 spiro atoms. The van der Waals surface area contributed by atoms with E-state index in [0.29, 0.717) is 21.9 Å². The number of thioether (sulfide) groups is 1. The van der Waals surface area contributed by atoms with Crippen LogP contribution in [0.1, 0.15) is 36.5 Å². The molecule has 1 amide bonds. The number of nitrogens with one attached hydrogen (secondary N) is 1. The molecular formula is C27H27ClN4OS. The zero-order valence-corrected chi connectivity index (χ0v) is 21.2. The van der Waals surface area contributed by atoms with Gasteiger partial charge in [-0.15, -0.1) is 10.2 Å². The van der Waals surface area contributed by atoms with Crippen molar-refractivity contribution in [1.29, 1.82) is 0 Å². The molecule has 4 rings (SSSR count). The van der Waals surface area contributed by atoms with E-state index in [9.17, 15) is 4.79 Å². The highest BCUT2D eigenvalue weighted by Gasteiger charge is 2.20. The van der Waals surface area contributed by atoms with Crippen molar-refractivity contribution in [3.05, 3.63) is 88.4 Å². The van der Waals surface area contributed by atoms with Crippen molar-refractivity contribution in [1.82, 2.24) is 14.8 Å². The van der Waals surface area contributed by atoms with E-state index in [1.54, 1.807) is 0 Å². The third-order valence-electron chi connectivity index (χ3n) is 5.75. The summed E-state index contributed by atoms with van der Waals surface area (Å²) >= 11 is 7.48. The number of carbonyl (C=O) groups is 1. The average Bonchev–Trinajstić information content (AvgIpc) is 3.25. The van der Waals surface area contributed by atoms with Gasteiger partial charge in [-0.1, -0.05) is 67.5 Å². The smallest absolute Gasteiger partial charge is 0.234 e. The number of benzene rings is 3. The molecule has 0 aliphatic heterocycles. The van der Waals surface area contributed by atoms with Crippen molar-refractivity contribution in [2.45, 2.75) is 38.8 Å². The second-order valence-electron chi connectivity index (χ2n) is 8.45. The molecule has 0 aliphatic rings. The van der Waals surface area contributed by atoms with Gasteiger partial charge in [0.1, 0.15) is 0 Å². The lowest BCUT2D eigenvalue weighted by Gasteiger charge is -2.17. The van der Waals surface area contributed by atoms with E-state index in [1.165, 1.54) is 17.3 Å². The maximum atomic E-state index is 12.8. The molecule has 3 aromatic carbocycles. The van der Waals surface area contributed by atoms with Gasteiger partial charge in [0, 0.05) is 16.3 Å². The maximum Gasteiger partial charge on any atom is 0.234 e. The minimum absolute atomic E-state index is 0.0848. The van der Waals surface area contributed by atoms with E-state index in [4.69, 9.17) is 11.6 Å². The first-order chi connectivity index (χ1) is 16.3. The molecule has 0 bridgehead atoms. The third-order valence-corrected chi connectivity index (χ3v) is 6.93. The van der Waals surface area contributed by atoms with Gasteiger partial charge in [-0.3, -0.25) is 9.36 Å². The molecule has 0 radical (unpaired) electrons. The molecule has 0 saturated carbocycles. The molecular weight excluding hydrogens is 464 g/mol. The summed E-state index contributed by atoms with van der Waals surface area (Å²) in [6.45, 7) is 8.37. The topological polar surface area (TPSA) is 59.8 Å². The van der Waals surface area contributed by atoms with Crippen LogP contribution in [0.2, 0.25) is 5.02 Å². The molecule has 7 heteroatoms. The number of aryl methyl sites for hydroxylation is 1. The fraction of sp³-hybridized carbons (Fsp3) is 0.222. The number of anilines is 1. The van der Waals surface area contributed by atoms with Gasteiger partial charge in [0.25, 0.3) is 0 Å². The van der Waals surface area contributed by atoms with Crippen LogP contribution in [0.3, 0.4) is 0 Å². The highest BCUT2D eigenvalue weighted by atomic mass is 35.5. The van der Waals surface area contributed by atoms with E-state index in [0.717, 1.165) is 28.1 Å². The van der Waals surface area contributed by atoms with Gasteiger partial charge in [0.2, 0.25) is 5.91 Å². The molecule has 0 aliphatic carbocycles. The van der Waals surface area contributed by atoms with Crippen molar-refractivity contribution >= 4 is 35.0 Å². The molecule has 4 aromatic rings. The van der Waals surface area contributed by atoms with E-state index < -0.39 is 0 Å². The molecule has 34 heavy (non-hydrogen) atoms. The molecule has 0 atom stereocenters. The number of aromatic nitrogens is 3. The van der Waals surface area contributed by atoms with Crippen LogP contribution in [0.4, 0.5) is 5.69 Å². The Morgan fingerprint density at radius 1 is 1.00 bits per heavy atom. The first-order valence-corrected chi connectivity index (χ1v) is 12.5. The minimum Gasteiger partial charge on any atom is -0.325 e. The quantitative estimate of drug-likeness (QED) is 0.282. The van der Waals surface area contributed by atoms with Crippen LogP contribution in [-0.4, -0.2) is 26.4 Å². The molecule has 0 unspecified atom stereocenters. The highest BCUT2D eigenvalue weighted by molar-refractivity contribution is 7.99. The van der Waals surface area contributed by atoms with E-state index >= 15 is 0 Å². The minimum atomic E-state index is -0.0848. The Kier molecular flexibility index (Phi) is 7.39. The van der Waals surface area contributed by atoms with E-state index in [-0.39, 0.29) is 11.7 Å². The summed E-state index contributed by atoms with van der Waals surface area (Å²) in [5.74, 6) is 1.15. The number of halogens is 1. The predicted octanol–water partition coefficient (Wildman–Crippen LogP) is 7.06. The average molecular weight is 491 g/mol. The Labute approximate surface area is 209 Å². The Morgan fingerprint density at radius 3 is 2.47 bits per heavy atom. The Morgan fingerprint density at radius 2 is 1.74 bits per heavy atom. The van der Waals surface area contributed by atoms with Crippen LogP contribution in [0.15, 0.2) is 71.9 Å². The number of amides is 1. The Bertz CT molecular complexity index is 1310. The van der Waals surface area contributed by atoms with Gasteiger partial charge in [0.15, 0.2) is 11.0 Å². The summed E-state index contributed by atoms with van der Waals surface area (Å²) in [6, 6.07) is 21.7. The van der Waals surface area contributed by atoms with Crippen molar-refractivity contribution in [3.8, 4) is 17.1 Å². The monoisotopic (exact) mass is 490 g/mol. The van der Waals surface area contributed by atoms with Crippen molar-refractivity contribution in [2.75, 3.05) is 11.1 Å². The molecule has 174 valence electrons. The molecule has 0 fully saturated rings. The fourth-order valence-electron chi connectivity index (χ4n) is 3.75. The van der Waals surface area contributed by atoms with Crippen LogP contribution in [-0.2, 0) is 4.79 Å². The number of rotatable bonds is 7. The summed E-state index contributed by atoms with van der Waals surface area (Å²) in [7, 11) is 0. The SMILES string of the molecule is Cc1cccc(NC(=O)CSc2nnc(-c3ccc(Cl)cc3)n2-c2ccccc2C(C)C)c1C.